The number of halogens is 1. The summed E-state index contributed by atoms with van der Waals surface area (Å²) in [6.07, 6.45) is -1.78. The number of hydrogen-bond donors (Lipinski definition) is 3. The van der Waals surface area contributed by atoms with Crippen LogP contribution in [0.4, 0.5) is 5.69 Å². The van der Waals surface area contributed by atoms with Gasteiger partial charge in [-0.3, -0.25) is 0 Å². The number of alkyl halides is 1. The van der Waals surface area contributed by atoms with Gasteiger partial charge in [0, 0.05) is 22.0 Å². The molecular formula is C11H13ClN2O2S. The molecule has 2 unspecified atom stereocenters. The minimum absolute atomic E-state index is 0.255. The molecule has 0 aliphatic rings. The molecule has 1 aromatic carbocycles. The van der Waals surface area contributed by atoms with E-state index in [9.17, 15) is 10.2 Å². The van der Waals surface area contributed by atoms with Crippen molar-refractivity contribution < 1.29 is 10.2 Å². The topological polar surface area (TPSA) is 90.3 Å². The highest BCUT2D eigenvalue weighted by atomic mass is 35.5. The molecule has 1 aromatic rings. The molecule has 0 heterocycles. The maximum absolute atomic E-state index is 9.91. The fourth-order valence-electron chi connectivity index (χ4n) is 1.40. The smallest absolute Gasteiger partial charge is 0.138 e. The summed E-state index contributed by atoms with van der Waals surface area (Å²) < 4.78 is 0. The predicted octanol–water partition coefficient (Wildman–Crippen LogP) is 1.87. The number of nitrogens with two attached hydrogens (primary N) is 1. The van der Waals surface area contributed by atoms with Crippen molar-refractivity contribution in [3.05, 3.63) is 23.8 Å². The van der Waals surface area contributed by atoms with Gasteiger partial charge < -0.3 is 15.9 Å². The summed E-state index contributed by atoms with van der Waals surface area (Å²) >= 11 is 6.47. The van der Waals surface area contributed by atoms with Crippen LogP contribution in [-0.2, 0) is 0 Å². The Hall–Kier alpha value is -0.930. The van der Waals surface area contributed by atoms with Crippen LogP contribution < -0.4 is 5.73 Å². The van der Waals surface area contributed by atoms with Gasteiger partial charge in [-0.1, -0.05) is 0 Å². The lowest BCUT2D eigenvalue weighted by molar-refractivity contribution is 0.0173. The standard InChI is InChI=1S/C11H13ClN2O2S/c12-4-3-10(15)11(16)8-5-7(17-6-13)1-2-9(8)14/h1-2,5,10-11,15-16H,3-4,14H2. The monoisotopic (exact) mass is 272 g/mol. The Kier molecular flexibility index (Phi) is 5.59. The Morgan fingerprint density at radius 1 is 1.47 bits per heavy atom. The van der Waals surface area contributed by atoms with Crippen molar-refractivity contribution in [2.75, 3.05) is 11.6 Å². The normalized spacial score (nSPS) is 14.0. The van der Waals surface area contributed by atoms with Crippen LogP contribution in [-0.4, -0.2) is 22.2 Å². The average Bonchev–Trinajstić information content (AvgIpc) is 2.31. The van der Waals surface area contributed by atoms with Crippen molar-refractivity contribution in [2.24, 2.45) is 0 Å². The number of aliphatic hydroxyl groups excluding tert-OH is 2. The third kappa shape index (κ3) is 3.79. The molecule has 0 fully saturated rings. The van der Waals surface area contributed by atoms with Gasteiger partial charge in [-0.25, -0.2) is 0 Å². The van der Waals surface area contributed by atoms with Crippen LogP contribution in [0.5, 0.6) is 0 Å². The summed E-state index contributed by atoms with van der Waals surface area (Å²) in [6, 6.07) is 4.89. The molecule has 0 bridgehead atoms. The Balaban J connectivity index is 2.95. The molecule has 4 N–H and O–H groups in total. The van der Waals surface area contributed by atoms with Crippen molar-refractivity contribution in [2.45, 2.75) is 23.5 Å². The molecular weight excluding hydrogens is 260 g/mol. The van der Waals surface area contributed by atoms with Gasteiger partial charge in [0.25, 0.3) is 0 Å². The van der Waals surface area contributed by atoms with Gasteiger partial charge in [-0.2, -0.15) is 5.26 Å². The van der Waals surface area contributed by atoms with E-state index in [4.69, 9.17) is 22.6 Å². The summed E-state index contributed by atoms with van der Waals surface area (Å²) in [5, 5.41) is 30.1. The number of thioether (sulfide) groups is 1. The lowest BCUT2D eigenvalue weighted by atomic mass is 10.0. The molecule has 4 nitrogen and oxygen atoms in total. The number of nitrogen functional groups attached to an aromatic ring is 1. The van der Waals surface area contributed by atoms with Crippen molar-refractivity contribution in [1.82, 2.24) is 0 Å². The summed E-state index contributed by atoms with van der Waals surface area (Å²) in [7, 11) is 0. The van der Waals surface area contributed by atoms with E-state index in [1.165, 1.54) is 0 Å². The zero-order valence-electron chi connectivity index (χ0n) is 9.01. The quantitative estimate of drug-likeness (QED) is 0.329. The van der Waals surface area contributed by atoms with E-state index in [0.29, 0.717) is 16.1 Å². The lowest BCUT2D eigenvalue weighted by Gasteiger charge is -2.19. The van der Waals surface area contributed by atoms with Crippen LogP contribution in [0.2, 0.25) is 0 Å². The first-order chi connectivity index (χ1) is 8.10. The summed E-state index contributed by atoms with van der Waals surface area (Å²) in [5.41, 5.74) is 6.53. The Morgan fingerprint density at radius 2 is 2.18 bits per heavy atom. The number of nitrogens with zero attached hydrogens (tertiary/aromatic N) is 1. The molecule has 0 radical (unpaired) electrons. The second-order valence-electron chi connectivity index (χ2n) is 3.47. The van der Waals surface area contributed by atoms with Crippen molar-refractivity contribution >= 4 is 29.1 Å². The van der Waals surface area contributed by atoms with Gasteiger partial charge in [0.2, 0.25) is 0 Å². The minimum Gasteiger partial charge on any atom is -0.398 e. The predicted molar refractivity (Wildman–Crippen MR) is 68.6 cm³/mol. The van der Waals surface area contributed by atoms with E-state index >= 15 is 0 Å². The third-order valence-corrected chi connectivity index (χ3v) is 3.11. The van der Waals surface area contributed by atoms with Crippen molar-refractivity contribution in [3.8, 4) is 5.40 Å². The van der Waals surface area contributed by atoms with Crippen LogP contribution in [0.1, 0.15) is 18.1 Å². The molecule has 0 saturated heterocycles. The van der Waals surface area contributed by atoms with Gasteiger partial charge in [-0.15, -0.1) is 11.6 Å². The van der Waals surface area contributed by atoms with Crippen molar-refractivity contribution in [3.63, 3.8) is 0 Å². The largest absolute Gasteiger partial charge is 0.398 e. The molecule has 0 aliphatic carbocycles. The highest BCUT2D eigenvalue weighted by Gasteiger charge is 2.20. The first-order valence-electron chi connectivity index (χ1n) is 4.97. The van der Waals surface area contributed by atoms with Gasteiger partial charge in [0.15, 0.2) is 0 Å². The molecule has 92 valence electrons. The fourth-order valence-corrected chi connectivity index (χ4v) is 2.05. The van der Waals surface area contributed by atoms with E-state index in [-0.39, 0.29) is 12.3 Å². The first-order valence-corrected chi connectivity index (χ1v) is 6.32. The SMILES string of the molecule is N#CSc1ccc(N)c(C(O)C(O)CCCl)c1. The number of benzene rings is 1. The van der Waals surface area contributed by atoms with Crippen LogP contribution in [0.15, 0.2) is 23.1 Å². The number of thiocyanates is 1. The molecule has 0 aliphatic heterocycles. The number of anilines is 1. The highest BCUT2D eigenvalue weighted by Crippen LogP contribution is 2.29. The van der Waals surface area contributed by atoms with E-state index in [2.05, 4.69) is 0 Å². The molecule has 6 heteroatoms. The number of aliphatic hydroxyl groups is 2. The molecule has 1 rings (SSSR count). The van der Waals surface area contributed by atoms with Crippen LogP contribution in [0, 0.1) is 10.7 Å². The molecule has 17 heavy (non-hydrogen) atoms. The van der Waals surface area contributed by atoms with E-state index in [1.807, 2.05) is 5.40 Å². The Labute approximate surface area is 109 Å². The van der Waals surface area contributed by atoms with Gasteiger partial charge in [-0.05, 0) is 36.4 Å². The van der Waals surface area contributed by atoms with Crippen LogP contribution in [0.25, 0.3) is 0 Å². The molecule has 0 spiro atoms. The first kappa shape index (κ1) is 14.1. The average molecular weight is 273 g/mol. The summed E-state index contributed by atoms with van der Waals surface area (Å²) in [5.74, 6) is 0.255. The maximum atomic E-state index is 9.91. The summed E-state index contributed by atoms with van der Waals surface area (Å²) in [4.78, 5) is 0.675. The lowest BCUT2D eigenvalue weighted by Crippen LogP contribution is -2.19. The Morgan fingerprint density at radius 3 is 2.76 bits per heavy atom. The minimum atomic E-state index is -1.09. The number of hydrogen-bond acceptors (Lipinski definition) is 5. The zero-order chi connectivity index (χ0) is 12.8. The van der Waals surface area contributed by atoms with Gasteiger partial charge in [0.1, 0.15) is 11.5 Å². The second-order valence-corrected chi connectivity index (χ2v) is 4.71. The number of rotatable bonds is 5. The van der Waals surface area contributed by atoms with E-state index in [0.717, 1.165) is 11.8 Å². The summed E-state index contributed by atoms with van der Waals surface area (Å²) in [6.45, 7) is 0. The number of nitriles is 1. The Bertz CT molecular complexity index is 422. The molecule has 0 saturated carbocycles. The molecule has 0 amide bonds. The third-order valence-electron chi connectivity index (χ3n) is 2.31. The van der Waals surface area contributed by atoms with Crippen molar-refractivity contribution in [1.29, 1.82) is 5.26 Å². The van der Waals surface area contributed by atoms with E-state index in [1.54, 1.807) is 18.2 Å². The van der Waals surface area contributed by atoms with Gasteiger partial charge >= 0.3 is 0 Å². The van der Waals surface area contributed by atoms with Gasteiger partial charge in [0.05, 0.1) is 6.10 Å². The van der Waals surface area contributed by atoms with Crippen LogP contribution in [0.3, 0.4) is 0 Å². The second kappa shape index (κ2) is 6.72. The van der Waals surface area contributed by atoms with E-state index < -0.39 is 12.2 Å². The molecule has 0 aromatic heterocycles. The fraction of sp³-hybridized carbons (Fsp3) is 0.364. The maximum Gasteiger partial charge on any atom is 0.138 e. The zero-order valence-corrected chi connectivity index (χ0v) is 10.6. The molecule has 2 atom stereocenters. The highest BCUT2D eigenvalue weighted by molar-refractivity contribution is 8.03. The van der Waals surface area contributed by atoms with Crippen LogP contribution >= 0.6 is 23.4 Å².